The number of anilines is 1. The molecule has 3 aromatic rings. The second-order valence-corrected chi connectivity index (χ2v) is 8.58. The third kappa shape index (κ3) is 3.53. The van der Waals surface area contributed by atoms with Crippen molar-refractivity contribution < 1.29 is 13.9 Å². The summed E-state index contributed by atoms with van der Waals surface area (Å²) in [5, 5.41) is 2.53. The van der Waals surface area contributed by atoms with Crippen LogP contribution in [0.3, 0.4) is 0 Å². The van der Waals surface area contributed by atoms with Crippen molar-refractivity contribution in [3.8, 4) is 5.88 Å². The van der Waals surface area contributed by atoms with Crippen molar-refractivity contribution in [2.75, 3.05) is 25.0 Å². The monoisotopic (exact) mass is 412 g/mol. The SMILES string of the molecule is CN(C(=O)Oc1cscn1)C1C[C@@H]2CN(c3ccc4cc(F)ccc4n3)C[C@@H]2C1. The summed E-state index contributed by atoms with van der Waals surface area (Å²) in [5.74, 6) is 2.11. The first kappa shape index (κ1) is 18.3. The van der Waals surface area contributed by atoms with Gasteiger partial charge in [-0.25, -0.2) is 19.2 Å². The number of rotatable bonds is 3. The Labute approximate surface area is 171 Å². The summed E-state index contributed by atoms with van der Waals surface area (Å²) >= 11 is 1.40. The Morgan fingerprint density at radius 1 is 1.24 bits per heavy atom. The predicted octanol–water partition coefficient (Wildman–Crippen LogP) is 4.18. The summed E-state index contributed by atoms with van der Waals surface area (Å²) in [5.41, 5.74) is 2.46. The quantitative estimate of drug-likeness (QED) is 0.646. The molecule has 1 saturated carbocycles. The number of ether oxygens (including phenoxy) is 1. The standard InChI is InChI=1S/C21H21FN4O2S/c1-25(21(27)28-20-11-29-12-23-20)17-7-14-9-26(10-15(14)8-17)19-5-2-13-6-16(22)3-4-18(13)24-19/h2-6,11-12,14-15,17H,7-10H2,1H3/t14-,15+,17?. The van der Waals surface area contributed by atoms with Gasteiger partial charge < -0.3 is 14.5 Å². The lowest BCUT2D eigenvalue weighted by Gasteiger charge is -2.26. The van der Waals surface area contributed by atoms with Gasteiger partial charge in [0.05, 0.1) is 16.4 Å². The molecule has 1 amide bonds. The highest BCUT2D eigenvalue weighted by Gasteiger charge is 2.43. The summed E-state index contributed by atoms with van der Waals surface area (Å²) in [4.78, 5) is 25.1. The molecule has 1 aliphatic heterocycles. The van der Waals surface area contributed by atoms with Crippen LogP contribution in [0.15, 0.2) is 41.2 Å². The molecule has 8 heteroatoms. The molecule has 1 aliphatic carbocycles. The van der Waals surface area contributed by atoms with Crippen molar-refractivity contribution >= 4 is 34.2 Å². The number of pyridine rings is 1. The molecule has 0 N–H and O–H groups in total. The second-order valence-electron chi connectivity index (χ2n) is 7.86. The Balaban J connectivity index is 1.23. The van der Waals surface area contributed by atoms with E-state index in [0.717, 1.165) is 42.7 Å². The Bertz CT molecular complexity index is 1030. The number of amides is 1. The van der Waals surface area contributed by atoms with Crippen molar-refractivity contribution in [2.45, 2.75) is 18.9 Å². The molecule has 0 radical (unpaired) electrons. The smallest absolute Gasteiger partial charge is 0.390 e. The van der Waals surface area contributed by atoms with Crippen molar-refractivity contribution in [2.24, 2.45) is 11.8 Å². The van der Waals surface area contributed by atoms with Crippen molar-refractivity contribution in [3.05, 3.63) is 47.0 Å². The third-order valence-electron chi connectivity index (χ3n) is 6.12. The number of aromatic nitrogens is 2. The van der Waals surface area contributed by atoms with Gasteiger partial charge in [0.25, 0.3) is 0 Å². The molecule has 0 bridgehead atoms. The van der Waals surface area contributed by atoms with Crippen molar-refractivity contribution in [1.29, 1.82) is 0 Å². The Morgan fingerprint density at radius 2 is 2.03 bits per heavy atom. The molecule has 2 aliphatic rings. The van der Waals surface area contributed by atoms with E-state index in [2.05, 4.69) is 9.88 Å². The lowest BCUT2D eigenvalue weighted by atomic mass is 10.0. The van der Waals surface area contributed by atoms with E-state index in [1.165, 1.54) is 23.5 Å². The molecular weight excluding hydrogens is 391 g/mol. The fourth-order valence-corrected chi connectivity index (χ4v) is 5.05. The van der Waals surface area contributed by atoms with Gasteiger partial charge >= 0.3 is 6.09 Å². The molecule has 1 saturated heterocycles. The van der Waals surface area contributed by atoms with Gasteiger partial charge in [0.15, 0.2) is 0 Å². The van der Waals surface area contributed by atoms with Gasteiger partial charge in [-0.2, -0.15) is 0 Å². The minimum Gasteiger partial charge on any atom is -0.390 e. The lowest BCUT2D eigenvalue weighted by molar-refractivity contribution is 0.143. The van der Waals surface area contributed by atoms with Crippen LogP contribution in [0, 0.1) is 17.7 Å². The zero-order valence-electron chi connectivity index (χ0n) is 16.0. The number of carbonyl (C=O) groups is 1. The fourth-order valence-electron chi connectivity index (χ4n) is 4.60. The van der Waals surface area contributed by atoms with E-state index in [9.17, 15) is 9.18 Å². The van der Waals surface area contributed by atoms with Gasteiger partial charge in [0.2, 0.25) is 5.88 Å². The van der Waals surface area contributed by atoms with Gasteiger partial charge in [-0.15, -0.1) is 11.3 Å². The lowest BCUT2D eigenvalue weighted by Crippen LogP contribution is -2.38. The van der Waals surface area contributed by atoms with Crippen LogP contribution in [-0.2, 0) is 0 Å². The van der Waals surface area contributed by atoms with Crippen LogP contribution in [0.2, 0.25) is 0 Å². The van der Waals surface area contributed by atoms with Crippen LogP contribution in [0.25, 0.3) is 10.9 Å². The molecule has 1 unspecified atom stereocenters. The zero-order chi connectivity index (χ0) is 20.0. The van der Waals surface area contributed by atoms with E-state index in [-0.39, 0.29) is 18.0 Å². The molecule has 5 rings (SSSR count). The molecule has 29 heavy (non-hydrogen) atoms. The zero-order valence-corrected chi connectivity index (χ0v) is 16.8. The summed E-state index contributed by atoms with van der Waals surface area (Å²) in [6, 6.07) is 8.77. The number of carbonyl (C=O) groups excluding carboxylic acids is 1. The van der Waals surface area contributed by atoms with Crippen molar-refractivity contribution in [3.63, 3.8) is 0 Å². The minimum atomic E-state index is -0.346. The molecule has 3 heterocycles. The number of thiazole rings is 1. The highest BCUT2D eigenvalue weighted by Crippen LogP contribution is 2.41. The summed E-state index contributed by atoms with van der Waals surface area (Å²) < 4.78 is 18.7. The van der Waals surface area contributed by atoms with Crippen LogP contribution >= 0.6 is 11.3 Å². The maximum Gasteiger partial charge on any atom is 0.416 e. The predicted molar refractivity (Wildman–Crippen MR) is 110 cm³/mol. The van der Waals surface area contributed by atoms with Gasteiger partial charge in [0, 0.05) is 31.6 Å². The number of fused-ring (bicyclic) bond motifs is 2. The topological polar surface area (TPSA) is 58.6 Å². The molecule has 1 aromatic carbocycles. The number of halogens is 1. The Hall–Kier alpha value is -2.74. The van der Waals surface area contributed by atoms with E-state index in [1.54, 1.807) is 21.9 Å². The first-order chi connectivity index (χ1) is 14.1. The fraction of sp³-hybridized carbons (Fsp3) is 0.381. The van der Waals surface area contributed by atoms with E-state index < -0.39 is 0 Å². The highest BCUT2D eigenvalue weighted by molar-refractivity contribution is 7.07. The number of hydrogen-bond donors (Lipinski definition) is 0. The number of nitrogens with zero attached hydrogens (tertiary/aromatic N) is 4. The Morgan fingerprint density at radius 3 is 2.76 bits per heavy atom. The first-order valence-corrected chi connectivity index (χ1v) is 10.6. The average Bonchev–Trinajstić information content (AvgIpc) is 3.43. The summed E-state index contributed by atoms with van der Waals surface area (Å²) in [6.45, 7) is 1.85. The van der Waals surface area contributed by atoms with Crippen LogP contribution in [-0.4, -0.2) is 47.1 Å². The van der Waals surface area contributed by atoms with Gasteiger partial charge in [0.1, 0.15) is 11.6 Å². The van der Waals surface area contributed by atoms with E-state index in [4.69, 9.17) is 9.72 Å². The molecule has 150 valence electrons. The van der Waals surface area contributed by atoms with Crippen LogP contribution < -0.4 is 9.64 Å². The highest BCUT2D eigenvalue weighted by atomic mass is 32.1. The molecule has 2 aromatic heterocycles. The number of benzene rings is 1. The summed E-state index contributed by atoms with van der Waals surface area (Å²) in [6.07, 6.45) is 1.58. The van der Waals surface area contributed by atoms with E-state index in [0.29, 0.717) is 17.7 Å². The largest absolute Gasteiger partial charge is 0.416 e. The van der Waals surface area contributed by atoms with Crippen LogP contribution in [0.5, 0.6) is 5.88 Å². The van der Waals surface area contributed by atoms with Crippen molar-refractivity contribution in [1.82, 2.24) is 14.9 Å². The van der Waals surface area contributed by atoms with Gasteiger partial charge in [-0.1, -0.05) is 0 Å². The third-order valence-corrected chi connectivity index (χ3v) is 6.69. The minimum absolute atomic E-state index is 0.186. The van der Waals surface area contributed by atoms with Crippen LogP contribution in [0.4, 0.5) is 15.0 Å². The second kappa shape index (κ2) is 7.26. The first-order valence-electron chi connectivity index (χ1n) is 9.71. The molecule has 2 fully saturated rings. The van der Waals surface area contributed by atoms with E-state index in [1.807, 2.05) is 19.2 Å². The maximum absolute atomic E-state index is 13.4. The Kier molecular flexibility index (Phi) is 4.58. The average molecular weight is 412 g/mol. The normalized spacial score (nSPS) is 23.4. The number of hydrogen-bond acceptors (Lipinski definition) is 6. The molecule has 6 nitrogen and oxygen atoms in total. The van der Waals surface area contributed by atoms with E-state index >= 15 is 0 Å². The van der Waals surface area contributed by atoms with Gasteiger partial charge in [-0.05, 0) is 55.0 Å². The molecular formula is C21H21FN4O2S. The summed E-state index contributed by atoms with van der Waals surface area (Å²) in [7, 11) is 1.81. The van der Waals surface area contributed by atoms with Gasteiger partial charge in [-0.3, -0.25) is 0 Å². The molecule has 3 atom stereocenters. The molecule has 0 spiro atoms. The maximum atomic E-state index is 13.4. The van der Waals surface area contributed by atoms with Crippen LogP contribution in [0.1, 0.15) is 12.8 Å².